The number of ether oxygens (including phenoxy) is 1. The molecule has 3 fully saturated rings. The fourth-order valence-electron chi connectivity index (χ4n) is 5.07. The largest absolute Gasteiger partial charge is 0.450 e. The number of aromatic nitrogens is 2. The van der Waals surface area contributed by atoms with Gasteiger partial charge in [-0.05, 0) is 44.4 Å². The van der Waals surface area contributed by atoms with Crippen LogP contribution in [0.25, 0.3) is 11.7 Å². The number of carbonyl (C=O) groups excluding carboxylic acids is 2. The predicted molar refractivity (Wildman–Crippen MR) is 144 cm³/mol. The van der Waals surface area contributed by atoms with Crippen molar-refractivity contribution in [3.05, 3.63) is 44.7 Å². The van der Waals surface area contributed by atoms with Crippen molar-refractivity contribution < 1.29 is 14.3 Å². The molecule has 9 nitrogen and oxygen atoms in total. The van der Waals surface area contributed by atoms with Crippen LogP contribution in [0.5, 0.6) is 0 Å². The second-order valence-corrected chi connectivity index (χ2v) is 10.9. The zero-order valence-corrected chi connectivity index (χ0v) is 22.1. The first-order valence-corrected chi connectivity index (χ1v) is 13.6. The van der Waals surface area contributed by atoms with E-state index in [1.165, 1.54) is 16.2 Å². The highest BCUT2D eigenvalue weighted by atomic mass is 32.2. The van der Waals surface area contributed by atoms with Gasteiger partial charge in [0.15, 0.2) is 0 Å². The Morgan fingerprint density at radius 1 is 1.22 bits per heavy atom. The SMILES string of the molecule is CCOC(=O)N1CCN(c2nc3c(C)cccn3c(=O)c2/C=C2\SC(=S)N(C3CCCC3)C2=O)CC1. The zero-order valence-electron chi connectivity index (χ0n) is 20.4. The van der Waals surface area contributed by atoms with Crippen molar-refractivity contribution in [1.82, 2.24) is 19.2 Å². The Morgan fingerprint density at radius 3 is 2.64 bits per heavy atom. The van der Waals surface area contributed by atoms with E-state index in [4.69, 9.17) is 21.9 Å². The number of rotatable bonds is 4. The average molecular weight is 528 g/mol. The monoisotopic (exact) mass is 527 g/mol. The van der Waals surface area contributed by atoms with Crippen molar-refractivity contribution in [1.29, 1.82) is 0 Å². The van der Waals surface area contributed by atoms with Gasteiger partial charge < -0.3 is 14.5 Å². The molecule has 1 saturated carbocycles. The molecule has 190 valence electrons. The minimum absolute atomic E-state index is 0.135. The summed E-state index contributed by atoms with van der Waals surface area (Å²) in [7, 11) is 0. The molecule has 0 spiro atoms. The third-order valence-corrected chi connectivity index (χ3v) is 8.29. The van der Waals surface area contributed by atoms with Crippen LogP contribution in [-0.2, 0) is 9.53 Å². The molecule has 2 aliphatic heterocycles. The van der Waals surface area contributed by atoms with E-state index in [0.717, 1.165) is 31.2 Å². The normalized spacial score (nSPS) is 20.3. The van der Waals surface area contributed by atoms with Gasteiger partial charge in [0.25, 0.3) is 11.5 Å². The Bertz CT molecular complexity index is 1310. The van der Waals surface area contributed by atoms with Crippen LogP contribution in [-0.4, -0.2) is 74.3 Å². The minimum atomic E-state index is -0.338. The summed E-state index contributed by atoms with van der Waals surface area (Å²) < 4.78 is 7.21. The number of thioether (sulfide) groups is 1. The molecule has 4 heterocycles. The van der Waals surface area contributed by atoms with Gasteiger partial charge in [-0.3, -0.25) is 18.9 Å². The van der Waals surface area contributed by atoms with Gasteiger partial charge in [0, 0.05) is 38.4 Å². The highest BCUT2D eigenvalue weighted by molar-refractivity contribution is 8.26. The van der Waals surface area contributed by atoms with Crippen LogP contribution < -0.4 is 10.5 Å². The van der Waals surface area contributed by atoms with Gasteiger partial charge in [0.2, 0.25) is 0 Å². The van der Waals surface area contributed by atoms with Gasteiger partial charge in [-0.2, -0.15) is 0 Å². The summed E-state index contributed by atoms with van der Waals surface area (Å²) in [5.74, 6) is 0.382. The lowest BCUT2D eigenvalue weighted by Crippen LogP contribution is -2.49. The number of carbonyl (C=O) groups is 2. The maximum atomic E-state index is 13.7. The third-order valence-electron chi connectivity index (χ3n) is 6.96. The quantitative estimate of drug-likeness (QED) is 0.442. The number of pyridine rings is 1. The van der Waals surface area contributed by atoms with Gasteiger partial charge in [-0.25, -0.2) is 9.78 Å². The number of fused-ring (bicyclic) bond motifs is 1. The van der Waals surface area contributed by atoms with Crippen molar-refractivity contribution in [3.63, 3.8) is 0 Å². The van der Waals surface area contributed by atoms with Crippen LogP contribution in [0.15, 0.2) is 28.0 Å². The van der Waals surface area contributed by atoms with Gasteiger partial charge >= 0.3 is 6.09 Å². The van der Waals surface area contributed by atoms with Crippen molar-refractivity contribution in [2.45, 2.75) is 45.6 Å². The summed E-state index contributed by atoms with van der Waals surface area (Å²) in [5.41, 5.74) is 1.56. The number of piperazine rings is 1. The van der Waals surface area contributed by atoms with Crippen molar-refractivity contribution in [2.24, 2.45) is 0 Å². The van der Waals surface area contributed by atoms with E-state index in [2.05, 4.69) is 0 Å². The van der Waals surface area contributed by atoms with Gasteiger partial charge in [0.05, 0.1) is 17.1 Å². The molecule has 2 saturated heterocycles. The molecule has 0 radical (unpaired) electrons. The third kappa shape index (κ3) is 4.50. The summed E-state index contributed by atoms with van der Waals surface area (Å²) in [5, 5.41) is 0. The number of anilines is 1. The lowest BCUT2D eigenvalue weighted by Gasteiger charge is -2.35. The average Bonchev–Trinajstić information content (AvgIpc) is 3.49. The fourth-order valence-corrected chi connectivity index (χ4v) is 6.45. The van der Waals surface area contributed by atoms with E-state index < -0.39 is 0 Å². The molecule has 0 bridgehead atoms. The molecule has 2 aromatic rings. The topological polar surface area (TPSA) is 87.5 Å². The van der Waals surface area contributed by atoms with Crippen LogP contribution in [0.2, 0.25) is 0 Å². The smallest absolute Gasteiger partial charge is 0.409 e. The number of amides is 2. The van der Waals surface area contributed by atoms with Crippen LogP contribution in [0.3, 0.4) is 0 Å². The number of aryl methyl sites for hydroxylation is 1. The Hall–Kier alpha value is -2.92. The standard InChI is InChI=1S/C25H29N5O4S2/c1-3-34-24(33)28-13-11-27(12-14-28)21-18(22(31)29-10-6-7-16(2)20(29)26-21)15-19-23(32)30(25(35)36-19)17-8-4-5-9-17/h6-7,10,15,17H,3-5,8-9,11-14H2,1-2H3/b19-15-. The molecule has 1 aliphatic carbocycles. The first-order chi connectivity index (χ1) is 17.4. The summed E-state index contributed by atoms with van der Waals surface area (Å²) in [6.07, 6.45) is 7.11. The summed E-state index contributed by atoms with van der Waals surface area (Å²) in [4.78, 5) is 50.0. The van der Waals surface area contributed by atoms with Crippen molar-refractivity contribution in [3.8, 4) is 0 Å². The second kappa shape index (κ2) is 10.2. The molecular weight excluding hydrogens is 498 g/mol. The molecule has 36 heavy (non-hydrogen) atoms. The molecule has 2 amide bonds. The molecule has 5 rings (SSSR count). The highest BCUT2D eigenvalue weighted by Gasteiger charge is 2.38. The van der Waals surface area contributed by atoms with E-state index in [1.54, 1.807) is 29.0 Å². The zero-order chi connectivity index (χ0) is 25.4. The Labute approximate surface area is 219 Å². The number of hydrogen-bond acceptors (Lipinski definition) is 8. The van der Waals surface area contributed by atoms with Crippen molar-refractivity contribution >= 4 is 57.8 Å². The molecule has 0 atom stereocenters. The van der Waals surface area contributed by atoms with Crippen LogP contribution in [0, 0.1) is 6.92 Å². The van der Waals surface area contributed by atoms with Gasteiger partial charge in [-0.1, -0.05) is 42.9 Å². The molecule has 11 heteroatoms. The van der Waals surface area contributed by atoms with Crippen molar-refractivity contribution in [2.75, 3.05) is 37.7 Å². The summed E-state index contributed by atoms with van der Waals surface area (Å²) >= 11 is 6.81. The van der Waals surface area contributed by atoms with E-state index in [9.17, 15) is 14.4 Å². The number of hydrogen-bond donors (Lipinski definition) is 0. The van der Waals surface area contributed by atoms with E-state index in [1.807, 2.05) is 24.0 Å². The molecule has 0 N–H and O–H groups in total. The maximum Gasteiger partial charge on any atom is 0.409 e. The lowest BCUT2D eigenvalue weighted by atomic mass is 10.2. The minimum Gasteiger partial charge on any atom is -0.450 e. The molecule has 0 aromatic carbocycles. The molecule has 3 aliphatic rings. The Morgan fingerprint density at radius 2 is 1.94 bits per heavy atom. The van der Waals surface area contributed by atoms with Crippen LogP contribution in [0.4, 0.5) is 10.6 Å². The number of thiocarbonyl (C=S) groups is 1. The lowest BCUT2D eigenvalue weighted by molar-refractivity contribution is -0.123. The van der Waals surface area contributed by atoms with Gasteiger partial charge in [0.1, 0.15) is 15.8 Å². The van der Waals surface area contributed by atoms with Crippen LogP contribution in [0.1, 0.15) is 43.7 Å². The summed E-state index contributed by atoms with van der Waals surface area (Å²) in [6, 6.07) is 3.86. The first-order valence-electron chi connectivity index (χ1n) is 12.3. The Balaban J connectivity index is 1.53. The number of nitrogens with zero attached hydrogens (tertiary/aromatic N) is 5. The van der Waals surface area contributed by atoms with E-state index in [-0.39, 0.29) is 23.6 Å². The Kier molecular flexibility index (Phi) is 7.03. The second-order valence-electron chi connectivity index (χ2n) is 9.20. The molecule has 2 aromatic heterocycles. The predicted octanol–water partition coefficient (Wildman–Crippen LogP) is 3.43. The fraction of sp³-hybridized carbons (Fsp3) is 0.480. The first kappa shape index (κ1) is 24.8. The maximum absolute atomic E-state index is 13.7. The molecular formula is C25H29N5O4S2. The van der Waals surface area contributed by atoms with E-state index >= 15 is 0 Å². The van der Waals surface area contributed by atoms with E-state index in [0.29, 0.717) is 59.0 Å². The summed E-state index contributed by atoms with van der Waals surface area (Å²) in [6.45, 7) is 5.92. The van der Waals surface area contributed by atoms with Gasteiger partial charge in [-0.15, -0.1) is 0 Å². The van der Waals surface area contributed by atoms with Crippen LogP contribution >= 0.6 is 24.0 Å². The highest BCUT2D eigenvalue weighted by Crippen LogP contribution is 2.38. The molecule has 0 unspecified atom stereocenters.